The van der Waals surface area contributed by atoms with Crippen molar-refractivity contribution >= 4 is 11.5 Å². The van der Waals surface area contributed by atoms with Crippen LogP contribution in [-0.2, 0) is 0 Å². The largest absolute Gasteiger partial charge is 0.328 e. The number of fused-ring (bicyclic) bond motifs is 1. The molecule has 3 heterocycles. The quantitative estimate of drug-likeness (QED) is 0.786. The maximum Gasteiger partial charge on any atom is 0.328 e. The van der Waals surface area contributed by atoms with Crippen LogP contribution in [0.2, 0.25) is 0 Å². The maximum atomic E-state index is 13.2. The van der Waals surface area contributed by atoms with Gasteiger partial charge in [-0.15, -0.1) is 0 Å². The van der Waals surface area contributed by atoms with E-state index in [9.17, 15) is 4.39 Å². The summed E-state index contributed by atoms with van der Waals surface area (Å²) in [5, 5.41) is 9.31. The van der Waals surface area contributed by atoms with E-state index in [1.807, 2.05) is 17.1 Å². The Morgan fingerprint density at radius 3 is 2.72 bits per heavy atom. The van der Waals surface area contributed by atoms with Gasteiger partial charge >= 0.3 is 5.84 Å². The fraction of sp³-hybridized carbons (Fsp3) is 0.364. The molecule has 0 saturated heterocycles. The molecule has 5 rings (SSSR count). The molecule has 0 amide bonds. The Morgan fingerprint density at radius 2 is 1.93 bits per heavy atom. The van der Waals surface area contributed by atoms with Crippen LogP contribution in [0.4, 0.5) is 4.39 Å². The summed E-state index contributed by atoms with van der Waals surface area (Å²) in [6.45, 7) is 0. The van der Waals surface area contributed by atoms with Crippen molar-refractivity contribution in [3.8, 4) is 5.69 Å². The number of hydrogen-bond donors (Lipinski definition) is 1. The standard InChI is InChI=1S/C22H24FN6/c23-17-3-8-20(9-4-17)28-14-16(12-26-28)21-13-25-22-10-7-19(27-29(21)22)11-15-1-5-18(24)6-2-15/h3-4,7-9,12-15,18H,1-2,5-6,10-11,24H2/q+1. The molecule has 0 spiro atoms. The molecule has 7 heteroatoms. The van der Waals surface area contributed by atoms with E-state index in [2.05, 4.69) is 16.2 Å². The van der Waals surface area contributed by atoms with Crippen LogP contribution in [0.1, 0.15) is 44.1 Å². The van der Waals surface area contributed by atoms with Crippen LogP contribution in [0, 0.1) is 11.7 Å². The molecule has 1 saturated carbocycles. The van der Waals surface area contributed by atoms with Crippen molar-refractivity contribution in [2.24, 2.45) is 21.8 Å². The number of azo groups is 2. The van der Waals surface area contributed by atoms with Crippen molar-refractivity contribution in [2.45, 2.75) is 44.6 Å². The number of amidine groups is 1. The molecule has 1 aromatic carbocycles. The molecule has 1 aliphatic carbocycles. The van der Waals surface area contributed by atoms with Crippen LogP contribution in [0.3, 0.4) is 0 Å². The Hall–Kier alpha value is -2.93. The van der Waals surface area contributed by atoms with Gasteiger partial charge in [0.15, 0.2) is 6.20 Å². The first-order valence-corrected chi connectivity index (χ1v) is 10.2. The minimum absolute atomic E-state index is 0.260. The fourth-order valence-corrected chi connectivity index (χ4v) is 4.21. The molecular formula is C22H24FN6+. The summed E-state index contributed by atoms with van der Waals surface area (Å²) >= 11 is 0. The maximum absolute atomic E-state index is 13.2. The molecule has 1 aromatic heterocycles. The molecule has 2 N–H and O–H groups in total. The number of nitrogens with zero attached hydrogens (tertiary/aromatic N) is 5. The first kappa shape index (κ1) is 18.1. The van der Waals surface area contributed by atoms with Crippen molar-refractivity contribution in [1.82, 2.24) is 9.78 Å². The van der Waals surface area contributed by atoms with E-state index in [0.717, 1.165) is 54.2 Å². The van der Waals surface area contributed by atoms with Crippen LogP contribution in [-0.4, -0.2) is 26.4 Å². The predicted molar refractivity (Wildman–Crippen MR) is 109 cm³/mol. The third-order valence-electron chi connectivity index (χ3n) is 5.92. The second-order valence-corrected chi connectivity index (χ2v) is 8.01. The molecule has 2 aliphatic heterocycles. The Balaban J connectivity index is 1.34. The van der Waals surface area contributed by atoms with Gasteiger partial charge in [-0.1, -0.05) is 9.81 Å². The first-order valence-electron chi connectivity index (χ1n) is 10.2. The summed E-state index contributed by atoms with van der Waals surface area (Å²) in [7, 11) is 0. The Bertz CT molecular complexity index is 1040. The summed E-state index contributed by atoms with van der Waals surface area (Å²) in [5.41, 5.74) is 9.83. The average molecular weight is 391 g/mol. The molecule has 0 bridgehead atoms. The van der Waals surface area contributed by atoms with Crippen LogP contribution >= 0.6 is 0 Å². The van der Waals surface area contributed by atoms with E-state index in [4.69, 9.17) is 10.8 Å². The number of aliphatic imine (C=N–C) groups is 1. The minimum Gasteiger partial charge on any atom is -0.328 e. The molecule has 29 heavy (non-hydrogen) atoms. The van der Waals surface area contributed by atoms with E-state index in [1.165, 1.54) is 25.0 Å². The van der Waals surface area contributed by atoms with Gasteiger partial charge < -0.3 is 5.73 Å². The molecule has 6 nitrogen and oxygen atoms in total. The monoisotopic (exact) mass is 391 g/mol. The highest BCUT2D eigenvalue weighted by Crippen LogP contribution is 2.32. The SMILES string of the molecule is NC1CCC(CC2=CCC3=NC=C(c4cnn(-c5ccc(F)cc5)c4)[N+]3=N2)CC1. The average Bonchev–Trinajstić information content (AvgIpc) is 3.37. The topological polar surface area (TPSA) is 71.6 Å². The van der Waals surface area contributed by atoms with Crippen LogP contribution in [0.25, 0.3) is 11.4 Å². The van der Waals surface area contributed by atoms with Crippen LogP contribution in [0.5, 0.6) is 0 Å². The zero-order valence-electron chi connectivity index (χ0n) is 16.2. The fourth-order valence-electron chi connectivity index (χ4n) is 4.21. The van der Waals surface area contributed by atoms with Crippen molar-refractivity contribution in [1.29, 1.82) is 0 Å². The number of hydrogen-bond acceptors (Lipinski definition) is 4. The summed E-state index contributed by atoms with van der Waals surface area (Å²) < 4.78 is 16.9. The number of nitrogens with two attached hydrogens (primary N) is 1. The third-order valence-corrected chi connectivity index (χ3v) is 5.92. The molecule has 2 aromatic rings. The molecule has 0 radical (unpaired) electrons. The summed E-state index contributed by atoms with van der Waals surface area (Å²) in [5.74, 6) is 1.34. The van der Waals surface area contributed by atoms with Crippen molar-refractivity contribution in [2.75, 3.05) is 0 Å². The lowest BCUT2D eigenvalue weighted by atomic mass is 9.83. The molecular weight excluding hydrogens is 367 g/mol. The summed E-state index contributed by atoms with van der Waals surface area (Å²) in [6, 6.07) is 6.65. The third kappa shape index (κ3) is 3.70. The zero-order valence-corrected chi connectivity index (χ0v) is 16.2. The minimum atomic E-state index is -0.260. The molecule has 0 atom stereocenters. The van der Waals surface area contributed by atoms with Crippen LogP contribution < -0.4 is 5.73 Å². The number of rotatable bonds is 4. The van der Waals surface area contributed by atoms with Gasteiger partial charge in [-0.05, 0) is 73.4 Å². The predicted octanol–water partition coefficient (Wildman–Crippen LogP) is 4.38. The van der Waals surface area contributed by atoms with E-state index in [-0.39, 0.29) is 5.82 Å². The second-order valence-electron chi connectivity index (χ2n) is 8.01. The van der Waals surface area contributed by atoms with Gasteiger partial charge in [0.05, 0.1) is 29.6 Å². The lowest BCUT2D eigenvalue weighted by Gasteiger charge is -2.26. The van der Waals surface area contributed by atoms with Gasteiger partial charge in [-0.3, -0.25) is 0 Å². The molecule has 148 valence electrons. The van der Waals surface area contributed by atoms with Crippen molar-refractivity contribution in [3.05, 3.63) is 66.0 Å². The number of halogens is 1. The molecule has 3 aliphatic rings. The number of aromatic nitrogens is 2. The van der Waals surface area contributed by atoms with Gasteiger partial charge in [0, 0.05) is 12.2 Å². The number of benzene rings is 1. The molecule has 1 fully saturated rings. The highest BCUT2D eigenvalue weighted by molar-refractivity contribution is 5.85. The van der Waals surface area contributed by atoms with E-state index in [0.29, 0.717) is 12.0 Å². The smallest absolute Gasteiger partial charge is 0.328 e. The van der Waals surface area contributed by atoms with E-state index >= 15 is 0 Å². The summed E-state index contributed by atoms with van der Waals surface area (Å²) in [6.07, 6.45) is 14.1. The van der Waals surface area contributed by atoms with E-state index < -0.39 is 0 Å². The Kier molecular flexibility index (Phi) is 4.67. The highest BCUT2D eigenvalue weighted by atomic mass is 19.1. The number of allylic oxidation sites excluding steroid dienone is 1. The van der Waals surface area contributed by atoms with Gasteiger partial charge in [-0.25, -0.2) is 9.07 Å². The normalized spacial score (nSPS) is 23.8. The lowest BCUT2D eigenvalue weighted by Crippen LogP contribution is -2.27. The summed E-state index contributed by atoms with van der Waals surface area (Å²) in [4.78, 5) is 4.54. The highest BCUT2D eigenvalue weighted by Gasteiger charge is 2.33. The van der Waals surface area contributed by atoms with Crippen molar-refractivity contribution in [3.63, 3.8) is 0 Å². The van der Waals surface area contributed by atoms with Crippen LogP contribution in [0.15, 0.2) is 64.7 Å². The second kappa shape index (κ2) is 7.48. The van der Waals surface area contributed by atoms with Gasteiger partial charge in [0.1, 0.15) is 5.82 Å². The Morgan fingerprint density at radius 1 is 1.14 bits per heavy atom. The van der Waals surface area contributed by atoms with Gasteiger partial charge in [0.2, 0.25) is 5.70 Å². The molecule has 0 unspecified atom stereocenters. The van der Waals surface area contributed by atoms with Gasteiger partial charge in [-0.2, -0.15) is 5.10 Å². The van der Waals surface area contributed by atoms with Gasteiger partial charge in [0.25, 0.3) is 0 Å². The van der Waals surface area contributed by atoms with Crippen molar-refractivity contribution < 1.29 is 9.09 Å². The Labute approximate surface area is 169 Å². The lowest BCUT2D eigenvalue weighted by molar-refractivity contribution is -0.379. The zero-order chi connectivity index (χ0) is 19.8. The van der Waals surface area contributed by atoms with E-state index in [1.54, 1.807) is 23.0 Å². The first-order chi connectivity index (χ1) is 14.2.